The van der Waals surface area contributed by atoms with Crippen LogP contribution in [0.5, 0.6) is 0 Å². The van der Waals surface area contributed by atoms with Crippen LogP contribution in [0.1, 0.15) is 42.7 Å². The Morgan fingerprint density at radius 3 is 2.38 bits per heavy atom. The molecule has 0 saturated carbocycles. The quantitative estimate of drug-likeness (QED) is 0.681. The van der Waals surface area contributed by atoms with E-state index < -0.39 is 30.1 Å². The van der Waals surface area contributed by atoms with Gasteiger partial charge in [-0.05, 0) is 41.5 Å². The van der Waals surface area contributed by atoms with Crippen molar-refractivity contribution < 1.29 is 29.0 Å². The van der Waals surface area contributed by atoms with Gasteiger partial charge in [-0.25, -0.2) is 4.79 Å². The van der Waals surface area contributed by atoms with Gasteiger partial charge in [-0.15, -0.1) is 0 Å². The highest BCUT2D eigenvalue weighted by atomic mass is 16.5. The van der Waals surface area contributed by atoms with Crippen molar-refractivity contribution in [1.29, 1.82) is 0 Å². The number of likely N-dealkylation sites (tertiary alicyclic amines) is 1. The average Bonchev–Trinajstić information content (AvgIpc) is 3.55. The zero-order chi connectivity index (χ0) is 23.7. The molecule has 2 N–H and O–H groups in total. The first kappa shape index (κ1) is 22.4. The van der Waals surface area contributed by atoms with Crippen LogP contribution in [-0.4, -0.2) is 65.9 Å². The van der Waals surface area contributed by atoms with Gasteiger partial charge >= 0.3 is 12.1 Å². The minimum Gasteiger partial charge on any atom is -0.481 e. The number of amides is 2. The fraction of sp³-hybridized carbons (Fsp3) is 0.423. The molecule has 5 rings (SSSR count). The van der Waals surface area contributed by atoms with Crippen LogP contribution in [0.15, 0.2) is 48.5 Å². The van der Waals surface area contributed by atoms with Gasteiger partial charge in [0.1, 0.15) is 12.6 Å². The number of carbonyl (C=O) groups excluding carboxylic acids is 2. The van der Waals surface area contributed by atoms with Gasteiger partial charge in [0.05, 0.1) is 18.6 Å². The molecule has 2 unspecified atom stereocenters. The monoisotopic (exact) mass is 464 g/mol. The number of hydrogen-bond donors (Lipinski definition) is 2. The summed E-state index contributed by atoms with van der Waals surface area (Å²) in [6, 6.07) is 14.8. The minimum absolute atomic E-state index is 0.0926. The largest absolute Gasteiger partial charge is 0.481 e. The van der Waals surface area contributed by atoms with E-state index in [9.17, 15) is 19.5 Å². The van der Waals surface area contributed by atoms with E-state index >= 15 is 0 Å². The van der Waals surface area contributed by atoms with Crippen LogP contribution in [0, 0.1) is 0 Å². The van der Waals surface area contributed by atoms with Crippen molar-refractivity contribution in [3.63, 3.8) is 0 Å². The fourth-order valence-corrected chi connectivity index (χ4v) is 5.63. The SMILES string of the molecule is O=C(O)CC(NC(=O)OCC1c2ccccc2-c2ccccc21)C(=O)N1CCCC12CCOC2. The number of rotatable bonds is 6. The number of carboxylic acids is 1. The number of fused-ring (bicyclic) bond motifs is 3. The van der Waals surface area contributed by atoms with E-state index in [4.69, 9.17) is 9.47 Å². The van der Waals surface area contributed by atoms with Crippen molar-refractivity contribution >= 4 is 18.0 Å². The third-order valence-corrected chi connectivity index (χ3v) is 7.26. The van der Waals surface area contributed by atoms with E-state index in [0.717, 1.165) is 41.5 Å². The van der Waals surface area contributed by atoms with Gasteiger partial charge in [0.25, 0.3) is 0 Å². The maximum absolute atomic E-state index is 13.3. The Bertz CT molecular complexity index is 1060. The highest BCUT2D eigenvalue weighted by molar-refractivity contribution is 5.90. The van der Waals surface area contributed by atoms with Crippen molar-refractivity contribution in [1.82, 2.24) is 10.2 Å². The molecule has 0 aromatic heterocycles. The average molecular weight is 465 g/mol. The van der Waals surface area contributed by atoms with Gasteiger partial charge < -0.3 is 24.8 Å². The summed E-state index contributed by atoms with van der Waals surface area (Å²) in [5, 5.41) is 11.9. The number of hydrogen-bond acceptors (Lipinski definition) is 5. The molecule has 2 aliphatic heterocycles. The Morgan fingerprint density at radius 1 is 1.09 bits per heavy atom. The predicted octanol–water partition coefficient (Wildman–Crippen LogP) is 3.15. The van der Waals surface area contributed by atoms with Gasteiger partial charge in [0.2, 0.25) is 5.91 Å². The molecule has 2 saturated heterocycles. The van der Waals surface area contributed by atoms with Gasteiger partial charge in [0, 0.05) is 19.1 Å². The van der Waals surface area contributed by atoms with Crippen LogP contribution in [0.2, 0.25) is 0 Å². The fourth-order valence-electron chi connectivity index (χ4n) is 5.63. The van der Waals surface area contributed by atoms with Crippen molar-refractivity contribution in [3.8, 4) is 11.1 Å². The zero-order valence-corrected chi connectivity index (χ0v) is 18.9. The Morgan fingerprint density at radius 2 is 1.76 bits per heavy atom. The van der Waals surface area contributed by atoms with Crippen LogP contribution in [0.3, 0.4) is 0 Å². The number of carboxylic acid groups (broad SMARTS) is 1. The highest BCUT2D eigenvalue weighted by Crippen LogP contribution is 2.44. The number of benzene rings is 2. The summed E-state index contributed by atoms with van der Waals surface area (Å²) < 4.78 is 11.1. The van der Waals surface area contributed by atoms with E-state index in [0.29, 0.717) is 19.8 Å². The Balaban J connectivity index is 1.28. The molecule has 8 nitrogen and oxygen atoms in total. The number of aliphatic carboxylic acids is 1. The van der Waals surface area contributed by atoms with E-state index in [2.05, 4.69) is 17.4 Å². The first-order valence-corrected chi connectivity index (χ1v) is 11.7. The smallest absolute Gasteiger partial charge is 0.407 e. The van der Waals surface area contributed by atoms with Crippen molar-refractivity contribution in [2.75, 3.05) is 26.4 Å². The maximum Gasteiger partial charge on any atom is 0.407 e. The van der Waals surface area contributed by atoms with Gasteiger partial charge in [-0.1, -0.05) is 48.5 Å². The Kier molecular flexibility index (Phi) is 6.00. The molecular weight excluding hydrogens is 436 g/mol. The molecule has 1 spiro atoms. The van der Waals surface area contributed by atoms with E-state index in [1.807, 2.05) is 36.4 Å². The topological polar surface area (TPSA) is 105 Å². The third-order valence-electron chi connectivity index (χ3n) is 7.26. The summed E-state index contributed by atoms with van der Waals surface area (Å²) in [5.41, 5.74) is 3.99. The van der Waals surface area contributed by atoms with Crippen LogP contribution < -0.4 is 5.32 Å². The Labute approximate surface area is 197 Å². The third kappa shape index (κ3) is 4.03. The molecule has 2 atom stereocenters. The van der Waals surface area contributed by atoms with Gasteiger partial charge in [-0.2, -0.15) is 0 Å². The standard InChI is InChI=1S/C26H28N2O6/c29-23(30)14-22(24(31)28-12-5-10-26(28)11-13-33-16-26)27-25(32)34-15-21-19-8-3-1-6-17(19)18-7-2-4-9-20(18)21/h1-4,6-9,21-22H,5,10-16H2,(H,27,32)(H,29,30). The number of nitrogens with one attached hydrogen (secondary N) is 1. The summed E-state index contributed by atoms with van der Waals surface area (Å²) in [6.45, 7) is 1.65. The lowest BCUT2D eigenvalue weighted by Crippen LogP contribution is -2.56. The second kappa shape index (κ2) is 9.10. The van der Waals surface area contributed by atoms with Crippen molar-refractivity contribution in [3.05, 3.63) is 59.7 Å². The number of ether oxygens (including phenoxy) is 2. The van der Waals surface area contributed by atoms with Crippen LogP contribution in [0.25, 0.3) is 11.1 Å². The highest BCUT2D eigenvalue weighted by Gasteiger charge is 2.48. The number of alkyl carbamates (subject to hydrolysis) is 1. The molecule has 2 aromatic rings. The molecule has 2 aromatic carbocycles. The lowest BCUT2D eigenvalue weighted by molar-refractivity contribution is -0.144. The molecule has 0 bridgehead atoms. The lowest BCUT2D eigenvalue weighted by atomic mass is 9.94. The van der Waals surface area contributed by atoms with Crippen molar-refractivity contribution in [2.45, 2.75) is 43.2 Å². The van der Waals surface area contributed by atoms with Crippen LogP contribution in [-0.2, 0) is 19.1 Å². The minimum atomic E-state index is -1.19. The molecule has 3 aliphatic rings. The molecule has 0 radical (unpaired) electrons. The first-order chi connectivity index (χ1) is 16.5. The first-order valence-electron chi connectivity index (χ1n) is 11.7. The van der Waals surface area contributed by atoms with E-state index in [1.165, 1.54) is 0 Å². The second-order valence-electron chi connectivity index (χ2n) is 9.24. The molecule has 1 aliphatic carbocycles. The zero-order valence-electron chi connectivity index (χ0n) is 18.9. The summed E-state index contributed by atoms with van der Waals surface area (Å²) >= 11 is 0. The number of carbonyl (C=O) groups is 3. The molecule has 8 heteroatoms. The molecule has 34 heavy (non-hydrogen) atoms. The predicted molar refractivity (Wildman–Crippen MR) is 123 cm³/mol. The Hall–Kier alpha value is -3.39. The van der Waals surface area contributed by atoms with Crippen LogP contribution in [0.4, 0.5) is 4.79 Å². The molecular formula is C26H28N2O6. The molecule has 2 heterocycles. The van der Waals surface area contributed by atoms with Gasteiger partial charge in [-0.3, -0.25) is 9.59 Å². The summed E-state index contributed by atoms with van der Waals surface area (Å²) in [5.74, 6) is -1.67. The molecule has 2 amide bonds. The second-order valence-corrected chi connectivity index (χ2v) is 9.24. The van der Waals surface area contributed by atoms with E-state index in [-0.39, 0.29) is 18.4 Å². The van der Waals surface area contributed by atoms with Crippen LogP contribution >= 0.6 is 0 Å². The summed E-state index contributed by atoms with van der Waals surface area (Å²) in [4.78, 5) is 39.2. The maximum atomic E-state index is 13.3. The lowest BCUT2D eigenvalue weighted by Gasteiger charge is -2.36. The summed E-state index contributed by atoms with van der Waals surface area (Å²) in [7, 11) is 0. The van der Waals surface area contributed by atoms with Gasteiger partial charge in [0.15, 0.2) is 0 Å². The van der Waals surface area contributed by atoms with Crippen molar-refractivity contribution in [2.24, 2.45) is 0 Å². The van der Waals surface area contributed by atoms with E-state index in [1.54, 1.807) is 4.90 Å². The molecule has 178 valence electrons. The summed E-state index contributed by atoms with van der Waals surface area (Å²) in [6.07, 6.45) is 1.08. The molecule has 2 fully saturated rings. The normalized spacial score (nSPS) is 21.8. The number of nitrogens with zero attached hydrogens (tertiary/aromatic N) is 1.